The van der Waals surface area contributed by atoms with Crippen LogP contribution in [0.3, 0.4) is 0 Å². The Kier molecular flexibility index (Phi) is 13.9. The van der Waals surface area contributed by atoms with Crippen LogP contribution in [0.5, 0.6) is 0 Å². The SMILES string of the molecule is Cl.Cl.Cl.Cl.Nc1ccc(-c2ccc(N)c([As])c2[As])cc1. The summed E-state index contributed by atoms with van der Waals surface area (Å²) < 4.78 is 2.19. The van der Waals surface area contributed by atoms with Crippen LogP contribution < -0.4 is 20.2 Å². The summed E-state index contributed by atoms with van der Waals surface area (Å²) in [6.45, 7) is 0. The molecule has 2 aromatic carbocycles. The first-order chi connectivity index (χ1) is 7.59. The molecule has 110 valence electrons. The van der Waals surface area contributed by atoms with E-state index in [1.807, 2.05) is 36.4 Å². The molecule has 0 spiro atoms. The van der Waals surface area contributed by atoms with Crippen LogP contribution in [-0.2, 0) is 0 Å². The molecule has 0 unspecified atom stereocenters. The molecule has 4 N–H and O–H groups in total. The van der Waals surface area contributed by atoms with E-state index in [2.05, 4.69) is 33.7 Å². The number of nitrogen functional groups attached to an aromatic ring is 2. The van der Waals surface area contributed by atoms with E-state index in [4.69, 9.17) is 11.5 Å². The second-order valence-electron chi connectivity index (χ2n) is 3.52. The van der Waals surface area contributed by atoms with E-state index in [0.29, 0.717) is 0 Å². The third kappa shape index (κ3) is 5.60. The van der Waals surface area contributed by atoms with Gasteiger partial charge in [-0.25, -0.2) is 0 Å². The molecule has 0 bridgehead atoms. The summed E-state index contributed by atoms with van der Waals surface area (Å²) in [5.74, 6) is 0. The molecular weight excluding hydrogens is 464 g/mol. The molecule has 2 nitrogen and oxygen atoms in total. The Labute approximate surface area is 161 Å². The Morgan fingerprint density at radius 3 is 1.65 bits per heavy atom. The van der Waals surface area contributed by atoms with Crippen LogP contribution in [0.25, 0.3) is 11.1 Å². The zero-order chi connectivity index (χ0) is 11.7. The van der Waals surface area contributed by atoms with E-state index in [1.54, 1.807) is 0 Å². The van der Waals surface area contributed by atoms with Gasteiger partial charge in [0.05, 0.1) is 0 Å². The fourth-order valence-electron chi connectivity index (χ4n) is 1.49. The normalized spacial score (nSPS) is 8.30. The third-order valence-electron chi connectivity index (χ3n) is 2.40. The number of nitrogens with two attached hydrogens (primary N) is 2. The first-order valence-corrected chi connectivity index (χ1v) is 6.63. The van der Waals surface area contributed by atoms with Crippen LogP contribution in [0.4, 0.5) is 11.4 Å². The van der Waals surface area contributed by atoms with Crippen LogP contribution in [0, 0.1) is 0 Å². The Hall–Kier alpha value is 0.317. The topological polar surface area (TPSA) is 52.0 Å². The molecule has 0 aromatic heterocycles. The third-order valence-corrected chi connectivity index (χ3v) is 5.22. The van der Waals surface area contributed by atoms with Crippen LogP contribution in [0.2, 0.25) is 0 Å². The van der Waals surface area contributed by atoms with E-state index in [9.17, 15) is 0 Å². The van der Waals surface area contributed by atoms with E-state index < -0.39 is 0 Å². The number of halogens is 4. The standard InChI is InChI=1S/C12H10As2N2.4ClH/c13-11-9(5-6-10(16)12(11)14)7-1-3-8(15)4-2-7;;;;/h1-6H,15-16H2;4*1H. The maximum atomic E-state index is 5.85. The summed E-state index contributed by atoms with van der Waals surface area (Å²) in [4.78, 5) is 0. The Bertz CT molecular complexity index is 536. The molecule has 8 heteroatoms. The molecule has 0 fully saturated rings. The van der Waals surface area contributed by atoms with Crippen molar-refractivity contribution in [2.24, 2.45) is 0 Å². The molecule has 0 heterocycles. The average molecular weight is 478 g/mol. The van der Waals surface area contributed by atoms with E-state index in [1.165, 1.54) is 5.56 Å². The summed E-state index contributed by atoms with van der Waals surface area (Å²) in [6, 6.07) is 11.8. The fraction of sp³-hybridized carbons (Fsp3) is 0. The first kappa shape index (κ1) is 25.3. The molecule has 0 aliphatic carbocycles. The molecule has 0 atom stereocenters. The predicted molar refractivity (Wildman–Crippen MR) is 100 cm³/mol. The number of anilines is 2. The van der Waals surface area contributed by atoms with E-state index >= 15 is 0 Å². The van der Waals surface area contributed by atoms with Gasteiger partial charge in [-0.15, -0.1) is 49.6 Å². The average Bonchev–Trinajstić information content (AvgIpc) is 2.28. The number of benzene rings is 2. The van der Waals surface area contributed by atoms with Gasteiger partial charge in [0.1, 0.15) is 0 Å². The summed E-state index contributed by atoms with van der Waals surface area (Å²) in [6.07, 6.45) is 0. The van der Waals surface area contributed by atoms with Crippen LogP contribution in [0.1, 0.15) is 0 Å². The molecule has 2 rings (SSSR count). The van der Waals surface area contributed by atoms with Gasteiger partial charge in [-0.2, -0.15) is 0 Å². The molecule has 0 amide bonds. The van der Waals surface area contributed by atoms with Crippen molar-refractivity contribution in [3.05, 3.63) is 36.4 Å². The summed E-state index contributed by atoms with van der Waals surface area (Å²) in [7, 11) is 0. The summed E-state index contributed by atoms with van der Waals surface area (Å²) in [5.41, 5.74) is 15.4. The molecular formula is C12H14As2Cl4N2. The van der Waals surface area contributed by atoms with Crippen molar-refractivity contribution >= 4 is 103 Å². The van der Waals surface area contributed by atoms with Gasteiger partial charge < -0.3 is 0 Å². The van der Waals surface area contributed by atoms with Crippen LogP contribution >= 0.6 is 49.6 Å². The van der Waals surface area contributed by atoms with Crippen molar-refractivity contribution in [3.63, 3.8) is 0 Å². The first-order valence-electron chi connectivity index (χ1n) is 4.76. The Balaban J connectivity index is -0.000000722. The molecule has 0 saturated heterocycles. The molecule has 0 aliphatic heterocycles. The maximum absolute atomic E-state index is 5.85. The Morgan fingerprint density at radius 1 is 0.650 bits per heavy atom. The van der Waals surface area contributed by atoms with Gasteiger partial charge in [-0.1, -0.05) is 0 Å². The molecule has 0 aliphatic rings. The zero-order valence-electron chi connectivity index (χ0n) is 10.1. The van der Waals surface area contributed by atoms with Gasteiger partial charge in [-0.3, -0.25) is 0 Å². The number of hydrogen-bond donors (Lipinski definition) is 2. The second kappa shape index (κ2) is 11.0. The van der Waals surface area contributed by atoms with Crippen LogP contribution in [-0.4, -0.2) is 33.7 Å². The van der Waals surface area contributed by atoms with Gasteiger partial charge in [-0.05, 0) is 0 Å². The van der Waals surface area contributed by atoms with Gasteiger partial charge in [0.2, 0.25) is 0 Å². The van der Waals surface area contributed by atoms with E-state index in [0.717, 1.165) is 25.6 Å². The minimum atomic E-state index is 0. The van der Waals surface area contributed by atoms with Crippen molar-refractivity contribution in [3.8, 4) is 11.1 Å². The van der Waals surface area contributed by atoms with Crippen LogP contribution in [0.15, 0.2) is 36.4 Å². The van der Waals surface area contributed by atoms with Crippen molar-refractivity contribution in [1.82, 2.24) is 0 Å². The number of hydrogen-bond acceptors (Lipinski definition) is 2. The second-order valence-corrected chi connectivity index (χ2v) is 5.40. The minimum absolute atomic E-state index is 0. The van der Waals surface area contributed by atoms with Crippen molar-refractivity contribution in [1.29, 1.82) is 0 Å². The predicted octanol–water partition coefficient (Wildman–Crippen LogP) is 1.79. The van der Waals surface area contributed by atoms with E-state index in [-0.39, 0.29) is 49.6 Å². The van der Waals surface area contributed by atoms with Gasteiger partial charge in [0, 0.05) is 0 Å². The van der Waals surface area contributed by atoms with Gasteiger partial charge in [0.15, 0.2) is 0 Å². The molecule has 0 saturated carbocycles. The van der Waals surface area contributed by atoms with Crippen molar-refractivity contribution in [2.45, 2.75) is 0 Å². The number of rotatable bonds is 1. The molecule has 4 radical (unpaired) electrons. The fourth-order valence-corrected chi connectivity index (χ4v) is 2.60. The monoisotopic (exact) mass is 476 g/mol. The molecule has 2 aromatic rings. The quantitative estimate of drug-likeness (QED) is 0.486. The summed E-state index contributed by atoms with van der Waals surface area (Å²) in [5, 5.41) is 0. The van der Waals surface area contributed by atoms with Gasteiger partial charge >= 0.3 is 113 Å². The molecule has 20 heavy (non-hydrogen) atoms. The summed E-state index contributed by atoms with van der Waals surface area (Å²) >= 11 is 5.09. The van der Waals surface area contributed by atoms with Crippen molar-refractivity contribution < 1.29 is 0 Å². The van der Waals surface area contributed by atoms with Gasteiger partial charge in [0.25, 0.3) is 0 Å². The zero-order valence-corrected chi connectivity index (χ0v) is 17.2. The van der Waals surface area contributed by atoms with Crippen molar-refractivity contribution in [2.75, 3.05) is 11.5 Å². The Morgan fingerprint density at radius 2 is 1.15 bits per heavy atom.